The van der Waals surface area contributed by atoms with Crippen molar-refractivity contribution in [2.75, 3.05) is 37.0 Å². The number of benzene rings is 1. The summed E-state index contributed by atoms with van der Waals surface area (Å²) >= 11 is 3.42. The first kappa shape index (κ1) is 19.0. The molecule has 24 heavy (non-hydrogen) atoms. The highest BCUT2D eigenvalue weighted by Gasteiger charge is 2.34. The van der Waals surface area contributed by atoms with Gasteiger partial charge in [-0.2, -0.15) is 11.8 Å². The smallest absolute Gasteiger partial charge is 0.344 e. The number of amides is 1. The number of esters is 1. The van der Waals surface area contributed by atoms with Crippen molar-refractivity contribution in [2.45, 2.75) is 19.2 Å². The Morgan fingerprint density at radius 3 is 2.92 bits per heavy atom. The molecule has 7 heteroatoms. The monoisotopic (exact) mass is 369 g/mol. The van der Waals surface area contributed by atoms with E-state index in [1.54, 1.807) is 18.7 Å². The molecule has 132 valence electrons. The molecule has 1 amide bonds. The Labute approximate surface area is 151 Å². The average molecular weight is 370 g/mol. The van der Waals surface area contributed by atoms with E-state index in [0.29, 0.717) is 18.1 Å². The quantitative estimate of drug-likeness (QED) is 0.493. The second-order valence-electron chi connectivity index (χ2n) is 5.08. The fourth-order valence-corrected chi connectivity index (χ4v) is 4.27. The van der Waals surface area contributed by atoms with Crippen LogP contribution in [0.3, 0.4) is 0 Å². The lowest BCUT2D eigenvalue weighted by molar-refractivity contribution is -0.145. The molecule has 5 nitrogen and oxygen atoms in total. The van der Waals surface area contributed by atoms with E-state index < -0.39 is 5.97 Å². The first-order chi connectivity index (χ1) is 11.7. The summed E-state index contributed by atoms with van der Waals surface area (Å²) in [6.45, 7) is 4.81. The van der Waals surface area contributed by atoms with Crippen molar-refractivity contribution in [3.63, 3.8) is 0 Å². The van der Waals surface area contributed by atoms with Crippen molar-refractivity contribution in [2.24, 2.45) is 0 Å². The van der Waals surface area contributed by atoms with Crippen molar-refractivity contribution in [1.29, 1.82) is 0 Å². The number of nitrogens with zero attached hydrogens (tertiary/aromatic N) is 1. The Morgan fingerprint density at radius 2 is 2.17 bits per heavy atom. The van der Waals surface area contributed by atoms with Crippen LogP contribution in [-0.2, 0) is 14.3 Å². The van der Waals surface area contributed by atoms with E-state index in [1.807, 2.05) is 40.9 Å². The molecule has 0 aliphatic carbocycles. The van der Waals surface area contributed by atoms with E-state index in [-0.39, 0.29) is 17.9 Å². The number of thioether (sulfide) groups is 2. The normalized spacial score (nSPS) is 17.2. The Kier molecular flexibility index (Phi) is 7.78. The summed E-state index contributed by atoms with van der Waals surface area (Å²) in [7, 11) is 0. The molecule has 1 aliphatic rings. The topological polar surface area (TPSA) is 55.8 Å². The molecule has 1 unspecified atom stereocenters. The van der Waals surface area contributed by atoms with Gasteiger partial charge in [0.1, 0.15) is 11.1 Å². The molecular formula is C17H23NO4S2. The number of hydrogen-bond donors (Lipinski definition) is 0. The molecule has 0 aromatic heterocycles. The van der Waals surface area contributed by atoms with Crippen LogP contribution in [0.25, 0.3) is 0 Å². The predicted octanol–water partition coefficient (Wildman–Crippen LogP) is 2.96. The first-order valence-electron chi connectivity index (χ1n) is 8.03. The maximum absolute atomic E-state index is 12.2. The molecule has 1 heterocycles. The Hall–Kier alpha value is -1.34. The molecule has 0 radical (unpaired) electrons. The van der Waals surface area contributed by atoms with Gasteiger partial charge in [0.25, 0.3) is 0 Å². The van der Waals surface area contributed by atoms with Gasteiger partial charge in [-0.15, -0.1) is 11.8 Å². The molecule has 2 rings (SSSR count). The fraction of sp³-hybridized carbons (Fsp3) is 0.529. The van der Waals surface area contributed by atoms with E-state index in [4.69, 9.17) is 9.47 Å². The van der Waals surface area contributed by atoms with Gasteiger partial charge in [0.05, 0.1) is 12.4 Å². The van der Waals surface area contributed by atoms with Crippen LogP contribution in [0, 0.1) is 0 Å². The molecule has 0 saturated carbocycles. The molecule has 0 N–H and O–H groups in total. The maximum atomic E-state index is 12.2. The van der Waals surface area contributed by atoms with Crippen molar-refractivity contribution in [1.82, 2.24) is 4.90 Å². The van der Waals surface area contributed by atoms with Crippen molar-refractivity contribution in [3.8, 4) is 5.75 Å². The predicted molar refractivity (Wildman–Crippen MR) is 98.5 cm³/mol. The lowest BCUT2D eigenvalue weighted by Crippen LogP contribution is -2.30. The number of carbonyl (C=O) groups is 2. The highest BCUT2D eigenvalue weighted by Crippen LogP contribution is 2.42. The summed E-state index contributed by atoms with van der Waals surface area (Å²) < 4.78 is 10.5. The van der Waals surface area contributed by atoms with Gasteiger partial charge in [0.2, 0.25) is 5.91 Å². The van der Waals surface area contributed by atoms with Gasteiger partial charge in [-0.05, 0) is 18.7 Å². The zero-order chi connectivity index (χ0) is 17.4. The van der Waals surface area contributed by atoms with Crippen LogP contribution in [0.1, 0.15) is 24.8 Å². The van der Waals surface area contributed by atoms with Crippen LogP contribution in [0.2, 0.25) is 0 Å². The lowest BCUT2D eigenvalue weighted by Gasteiger charge is -2.25. The van der Waals surface area contributed by atoms with Crippen LogP contribution in [-0.4, -0.2) is 53.8 Å². The van der Waals surface area contributed by atoms with Crippen LogP contribution in [0.4, 0.5) is 0 Å². The van der Waals surface area contributed by atoms with Crippen molar-refractivity contribution >= 4 is 35.4 Å². The van der Waals surface area contributed by atoms with Crippen molar-refractivity contribution in [3.05, 3.63) is 29.8 Å². The Bertz CT molecular complexity index is 567. The van der Waals surface area contributed by atoms with E-state index in [1.165, 1.54) is 0 Å². The van der Waals surface area contributed by atoms with Gasteiger partial charge in [0.15, 0.2) is 6.61 Å². The SMILES string of the molecule is CCOC(=O)COc1ccccc1C1SCC(=O)N1CCSCC. The maximum Gasteiger partial charge on any atom is 0.344 e. The van der Waals surface area contributed by atoms with Crippen LogP contribution >= 0.6 is 23.5 Å². The zero-order valence-corrected chi connectivity index (χ0v) is 15.7. The van der Waals surface area contributed by atoms with Gasteiger partial charge >= 0.3 is 5.97 Å². The summed E-state index contributed by atoms with van der Waals surface area (Å²) in [6.07, 6.45) is 0. The van der Waals surface area contributed by atoms with E-state index in [0.717, 1.165) is 23.6 Å². The van der Waals surface area contributed by atoms with Crippen LogP contribution in [0.5, 0.6) is 5.75 Å². The van der Waals surface area contributed by atoms with E-state index in [9.17, 15) is 9.59 Å². The van der Waals surface area contributed by atoms with Crippen molar-refractivity contribution < 1.29 is 19.1 Å². The molecule has 1 saturated heterocycles. The Morgan fingerprint density at radius 1 is 1.38 bits per heavy atom. The van der Waals surface area contributed by atoms with Gasteiger partial charge < -0.3 is 14.4 Å². The molecule has 1 aromatic carbocycles. The summed E-state index contributed by atoms with van der Waals surface area (Å²) in [5.41, 5.74) is 0.930. The number of carbonyl (C=O) groups excluding carboxylic acids is 2. The molecule has 1 fully saturated rings. The number of para-hydroxylation sites is 1. The lowest BCUT2D eigenvalue weighted by atomic mass is 10.2. The van der Waals surface area contributed by atoms with Crippen LogP contribution < -0.4 is 4.74 Å². The minimum absolute atomic E-state index is 0.0617. The molecular weight excluding hydrogens is 346 g/mol. The largest absolute Gasteiger partial charge is 0.482 e. The molecule has 1 aliphatic heterocycles. The summed E-state index contributed by atoms with van der Waals surface area (Å²) in [4.78, 5) is 25.6. The molecule has 0 bridgehead atoms. The third-order valence-electron chi connectivity index (χ3n) is 3.48. The number of rotatable bonds is 9. The number of ether oxygens (including phenoxy) is 2. The highest BCUT2D eigenvalue weighted by molar-refractivity contribution is 8.00. The van der Waals surface area contributed by atoms with E-state index in [2.05, 4.69) is 6.92 Å². The molecule has 1 atom stereocenters. The third-order valence-corrected chi connectivity index (χ3v) is 5.60. The minimum Gasteiger partial charge on any atom is -0.482 e. The highest BCUT2D eigenvalue weighted by atomic mass is 32.2. The van der Waals surface area contributed by atoms with Gasteiger partial charge in [-0.1, -0.05) is 25.1 Å². The average Bonchev–Trinajstić information content (AvgIpc) is 2.95. The van der Waals surface area contributed by atoms with Gasteiger partial charge in [-0.3, -0.25) is 4.79 Å². The van der Waals surface area contributed by atoms with Gasteiger partial charge in [-0.25, -0.2) is 4.79 Å². The second kappa shape index (κ2) is 9.84. The first-order valence-corrected chi connectivity index (χ1v) is 10.2. The summed E-state index contributed by atoms with van der Waals surface area (Å²) in [5.74, 6) is 2.84. The Balaban J connectivity index is 2.09. The second-order valence-corrected chi connectivity index (χ2v) is 7.54. The number of hydrogen-bond acceptors (Lipinski definition) is 6. The molecule has 0 spiro atoms. The van der Waals surface area contributed by atoms with E-state index >= 15 is 0 Å². The zero-order valence-electron chi connectivity index (χ0n) is 14.0. The van der Waals surface area contributed by atoms with Gasteiger partial charge in [0, 0.05) is 17.9 Å². The molecule has 1 aromatic rings. The third kappa shape index (κ3) is 5.08. The standard InChI is InChI=1S/C17H23NO4S2/c1-3-21-16(20)11-22-14-8-6-5-7-13(14)17-18(9-10-23-4-2)15(19)12-24-17/h5-8,17H,3-4,9-12H2,1-2H3. The summed E-state index contributed by atoms with van der Waals surface area (Å²) in [5, 5.41) is -0.0617. The summed E-state index contributed by atoms with van der Waals surface area (Å²) in [6, 6.07) is 7.57. The minimum atomic E-state index is -0.390. The fourth-order valence-electron chi connectivity index (χ4n) is 2.42. The van der Waals surface area contributed by atoms with Crippen LogP contribution in [0.15, 0.2) is 24.3 Å².